The van der Waals surface area contributed by atoms with E-state index in [4.69, 9.17) is 19.7 Å². The first-order valence-corrected chi connectivity index (χ1v) is 6.43. The number of aliphatic hydroxyl groups excluding tert-OH is 1. The molecule has 1 aliphatic carbocycles. The lowest BCUT2D eigenvalue weighted by Crippen LogP contribution is -2.34. The number of aliphatic carboxylic acids is 1. The Hall–Kier alpha value is -1.44. The molecule has 114 valence electrons. The first-order chi connectivity index (χ1) is 9.52. The molecule has 20 heavy (non-hydrogen) atoms. The Balaban J connectivity index is 2.27. The Morgan fingerprint density at radius 3 is 2.40 bits per heavy atom. The molecule has 7 heteroatoms. The van der Waals surface area contributed by atoms with Crippen LogP contribution in [-0.2, 0) is 19.1 Å². The highest BCUT2D eigenvalue weighted by molar-refractivity contribution is 5.93. The summed E-state index contributed by atoms with van der Waals surface area (Å²) < 4.78 is 9.99. The summed E-state index contributed by atoms with van der Waals surface area (Å²) in [6.07, 6.45) is 0. The maximum Gasteiger partial charge on any atom is 0.314 e. The lowest BCUT2D eigenvalue weighted by molar-refractivity contribution is -0.149. The second-order valence-electron chi connectivity index (χ2n) is 4.59. The molecule has 0 bridgehead atoms. The van der Waals surface area contributed by atoms with E-state index in [1.807, 2.05) is 4.90 Å². The molecule has 2 unspecified atom stereocenters. The lowest BCUT2D eigenvalue weighted by atomic mass is 10.3. The van der Waals surface area contributed by atoms with Gasteiger partial charge >= 0.3 is 11.9 Å². The summed E-state index contributed by atoms with van der Waals surface area (Å²) >= 11 is 0. The van der Waals surface area contributed by atoms with Crippen molar-refractivity contribution in [3.8, 4) is 0 Å². The summed E-state index contributed by atoms with van der Waals surface area (Å²) in [6.45, 7) is 5.79. The molecular weight excluding hydrogens is 266 g/mol. The summed E-state index contributed by atoms with van der Waals surface area (Å²) in [7, 11) is 1.59. The summed E-state index contributed by atoms with van der Waals surface area (Å²) in [5.41, 5.74) is 0.397. The van der Waals surface area contributed by atoms with Crippen molar-refractivity contribution in [3.05, 3.63) is 12.2 Å². The number of carbonyl (C=O) groups excluding carboxylic acids is 1. The first kappa shape index (κ1) is 16.6. The number of methoxy groups -OCH3 is 1. The molecule has 0 aromatic carbocycles. The smallest absolute Gasteiger partial charge is 0.314 e. The van der Waals surface area contributed by atoms with E-state index in [1.165, 1.54) is 0 Å². The van der Waals surface area contributed by atoms with Gasteiger partial charge in [-0.3, -0.25) is 14.5 Å². The van der Waals surface area contributed by atoms with Crippen LogP contribution in [0.1, 0.15) is 0 Å². The van der Waals surface area contributed by atoms with Crippen molar-refractivity contribution in [2.24, 2.45) is 11.8 Å². The number of carbonyl (C=O) groups is 2. The number of hydrogen-bond donors (Lipinski definition) is 2. The van der Waals surface area contributed by atoms with E-state index in [9.17, 15) is 9.59 Å². The SMILES string of the molecule is C=C1C(C(=O)O)C1C(=O)OCCN(CCO)CCOC. The number of carboxylic acid groups (broad SMARTS) is 1. The molecule has 0 radical (unpaired) electrons. The lowest BCUT2D eigenvalue weighted by Gasteiger charge is -2.20. The third-order valence-electron chi connectivity index (χ3n) is 3.22. The van der Waals surface area contributed by atoms with Crippen LogP contribution >= 0.6 is 0 Å². The van der Waals surface area contributed by atoms with Crippen LogP contribution in [0.25, 0.3) is 0 Å². The molecule has 0 aliphatic heterocycles. The molecule has 1 aliphatic rings. The van der Waals surface area contributed by atoms with Gasteiger partial charge in [-0.15, -0.1) is 0 Å². The molecule has 0 amide bonds. The number of ether oxygens (including phenoxy) is 2. The van der Waals surface area contributed by atoms with Crippen LogP contribution in [0.4, 0.5) is 0 Å². The third kappa shape index (κ3) is 4.59. The van der Waals surface area contributed by atoms with Crippen molar-refractivity contribution in [2.45, 2.75) is 0 Å². The summed E-state index contributed by atoms with van der Waals surface area (Å²) in [5.74, 6) is -3.10. The van der Waals surface area contributed by atoms with Gasteiger partial charge in [0, 0.05) is 26.7 Å². The van der Waals surface area contributed by atoms with E-state index >= 15 is 0 Å². The minimum atomic E-state index is -1.04. The normalized spacial score (nSPS) is 21.1. The molecule has 7 nitrogen and oxygen atoms in total. The minimum Gasteiger partial charge on any atom is -0.481 e. The molecule has 1 saturated carbocycles. The molecule has 0 heterocycles. The number of hydrogen-bond acceptors (Lipinski definition) is 6. The van der Waals surface area contributed by atoms with E-state index in [1.54, 1.807) is 7.11 Å². The Morgan fingerprint density at radius 1 is 1.25 bits per heavy atom. The standard InChI is InChI=1S/C13H21NO6/c1-9-10(12(16)17)11(9)13(18)20-8-5-14(3-6-15)4-7-19-2/h10-11,15H,1,3-8H2,2H3,(H,16,17). The molecule has 0 aromatic heterocycles. The van der Waals surface area contributed by atoms with Gasteiger partial charge in [0.15, 0.2) is 0 Å². The topological polar surface area (TPSA) is 96.3 Å². The molecule has 1 fully saturated rings. The zero-order chi connectivity index (χ0) is 15.1. The van der Waals surface area contributed by atoms with E-state index in [2.05, 4.69) is 6.58 Å². The highest BCUT2D eigenvalue weighted by Gasteiger charge is 2.54. The molecule has 2 N–H and O–H groups in total. The number of esters is 1. The van der Waals surface area contributed by atoms with E-state index in [-0.39, 0.29) is 13.2 Å². The van der Waals surface area contributed by atoms with Crippen molar-refractivity contribution >= 4 is 11.9 Å². The van der Waals surface area contributed by atoms with Crippen LogP contribution in [0.15, 0.2) is 12.2 Å². The average molecular weight is 287 g/mol. The maximum absolute atomic E-state index is 11.6. The van der Waals surface area contributed by atoms with Gasteiger partial charge in [-0.05, 0) is 5.57 Å². The predicted molar refractivity (Wildman–Crippen MR) is 70.1 cm³/mol. The van der Waals surface area contributed by atoms with E-state index in [0.29, 0.717) is 31.8 Å². The van der Waals surface area contributed by atoms with Gasteiger partial charge in [-0.25, -0.2) is 0 Å². The Morgan fingerprint density at radius 2 is 1.90 bits per heavy atom. The average Bonchev–Trinajstić information content (AvgIpc) is 3.07. The quantitative estimate of drug-likeness (QED) is 0.407. The maximum atomic E-state index is 11.6. The second-order valence-corrected chi connectivity index (χ2v) is 4.59. The van der Waals surface area contributed by atoms with Crippen molar-refractivity contribution in [2.75, 3.05) is 46.6 Å². The zero-order valence-corrected chi connectivity index (χ0v) is 11.6. The number of rotatable bonds is 10. The second kappa shape index (κ2) is 7.98. The van der Waals surface area contributed by atoms with E-state index < -0.39 is 23.8 Å². The molecule has 0 aromatic rings. The fraction of sp³-hybridized carbons (Fsp3) is 0.692. The summed E-state index contributed by atoms with van der Waals surface area (Å²) in [6, 6.07) is 0. The van der Waals surface area contributed by atoms with Gasteiger partial charge < -0.3 is 19.7 Å². The third-order valence-corrected chi connectivity index (χ3v) is 3.22. The van der Waals surface area contributed by atoms with Gasteiger partial charge in [0.2, 0.25) is 0 Å². The highest BCUT2D eigenvalue weighted by Crippen LogP contribution is 2.45. The first-order valence-electron chi connectivity index (χ1n) is 6.43. The van der Waals surface area contributed by atoms with Crippen LogP contribution in [0.2, 0.25) is 0 Å². The summed E-state index contributed by atoms with van der Waals surface area (Å²) in [4.78, 5) is 24.3. The van der Waals surface area contributed by atoms with Crippen molar-refractivity contribution in [1.82, 2.24) is 4.90 Å². The fourth-order valence-corrected chi connectivity index (χ4v) is 1.97. The molecular formula is C13H21NO6. The number of nitrogens with zero attached hydrogens (tertiary/aromatic N) is 1. The van der Waals surface area contributed by atoms with E-state index in [0.717, 1.165) is 0 Å². The monoisotopic (exact) mass is 287 g/mol. The van der Waals surface area contributed by atoms with Crippen molar-refractivity contribution in [3.63, 3.8) is 0 Å². The molecule has 1 rings (SSSR count). The van der Waals surface area contributed by atoms with Crippen molar-refractivity contribution < 1.29 is 29.3 Å². The Bertz CT molecular complexity index is 370. The predicted octanol–water partition coefficient (Wildman–Crippen LogP) is -0.643. The van der Waals surface area contributed by atoms with Gasteiger partial charge in [-0.2, -0.15) is 0 Å². The van der Waals surface area contributed by atoms with Gasteiger partial charge in [0.1, 0.15) is 6.61 Å². The number of carboxylic acids is 1. The largest absolute Gasteiger partial charge is 0.481 e. The van der Waals surface area contributed by atoms with Crippen LogP contribution in [0.5, 0.6) is 0 Å². The fourth-order valence-electron chi connectivity index (χ4n) is 1.97. The number of aliphatic hydroxyl groups is 1. The van der Waals surface area contributed by atoms with Crippen LogP contribution in [-0.4, -0.2) is 73.6 Å². The molecule has 0 saturated heterocycles. The minimum absolute atomic E-state index is 0.0121. The molecule has 0 spiro atoms. The van der Waals surface area contributed by atoms with Crippen molar-refractivity contribution in [1.29, 1.82) is 0 Å². The highest BCUT2D eigenvalue weighted by atomic mass is 16.5. The van der Waals surface area contributed by atoms with Crippen LogP contribution in [0.3, 0.4) is 0 Å². The van der Waals surface area contributed by atoms with Crippen LogP contribution in [0, 0.1) is 11.8 Å². The summed E-state index contributed by atoms with van der Waals surface area (Å²) in [5, 5.41) is 17.7. The Labute approximate surface area is 117 Å². The van der Waals surface area contributed by atoms with Gasteiger partial charge in [0.05, 0.1) is 25.0 Å². The van der Waals surface area contributed by atoms with Gasteiger partial charge in [-0.1, -0.05) is 6.58 Å². The Kier molecular flexibility index (Phi) is 6.63. The molecule has 2 atom stereocenters. The zero-order valence-electron chi connectivity index (χ0n) is 11.6. The van der Waals surface area contributed by atoms with Crippen LogP contribution < -0.4 is 0 Å². The van der Waals surface area contributed by atoms with Gasteiger partial charge in [0.25, 0.3) is 0 Å².